The van der Waals surface area contributed by atoms with E-state index >= 15 is 0 Å². The molecule has 0 aliphatic carbocycles. The molecule has 2 aromatic heterocycles. The van der Waals surface area contributed by atoms with Crippen molar-refractivity contribution in [3.8, 4) is 22.0 Å². The fraction of sp³-hybridized carbons (Fsp3) is 0.211. The Kier molecular flexibility index (Phi) is 5.01. The van der Waals surface area contributed by atoms with Crippen LogP contribution in [-0.2, 0) is 11.2 Å². The number of rotatable bonds is 7. The third-order valence-corrected chi connectivity index (χ3v) is 4.62. The smallest absolute Gasteiger partial charge is 0.143 e. The van der Waals surface area contributed by atoms with Crippen molar-refractivity contribution in [2.24, 2.45) is 0 Å². The number of carbonyl (C=O) groups is 1. The number of carboxylic acids is 1. The number of aromatic nitrogens is 1. The van der Waals surface area contributed by atoms with Gasteiger partial charge in [-0.1, -0.05) is 18.2 Å². The Bertz CT molecular complexity index is 821. The third kappa shape index (κ3) is 3.36. The highest BCUT2D eigenvalue weighted by molar-refractivity contribution is 7.13. The average molecular weight is 340 g/mol. The van der Waals surface area contributed by atoms with Crippen molar-refractivity contribution in [2.45, 2.75) is 19.8 Å². The molecule has 0 N–H and O–H groups in total. The SMILES string of the molecule is CCOc1ccccc1-n1c(CCC(=O)[O-])ccc1-c1cccs1. The van der Waals surface area contributed by atoms with Crippen LogP contribution in [0.4, 0.5) is 0 Å². The van der Waals surface area contributed by atoms with Crippen LogP contribution in [0, 0.1) is 0 Å². The lowest BCUT2D eigenvalue weighted by atomic mass is 10.2. The first-order valence-corrected chi connectivity index (χ1v) is 8.75. The van der Waals surface area contributed by atoms with Crippen molar-refractivity contribution in [2.75, 3.05) is 6.61 Å². The first-order chi connectivity index (χ1) is 11.7. The number of aliphatic carboxylic acids is 1. The summed E-state index contributed by atoms with van der Waals surface area (Å²) in [5, 5.41) is 12.9. The third-order valence-electron chi connectivity index (χ3n) is 3.73. The maximum absolute atomic E-state index is 10.9. The van der Waals surface area contributed by atoms with E-state index in [9.17, 15) is 9.90 Å². The minimum atomic E-state index is -1.04. The molecular formula is C19H18NO3S-. The molecule has 3 aromatic rings. The molecule has 0 saturated heterocycles. The number of hydrogen-bond donors (Lipinski definition) is 0. The highest BCUT2D eigenvalue weighted by atomic mass is 32.1. The van der Waals surface area contributed by atoms with Gasteiger partial charge in [0, 0.05) is 11.7 Å². The molecule has 124 valence electrons. The summed E-state index contributed by atoms with van der Waals surface area (Å²) in [7, 11) is 0. The molecule has 3 rings (SSSR count). The second-order valence-electron chi connectivity index (χ2n) is 5.30. The highest BCUT2D eigenvalue weighted by Gasteiger charge is 2.15. The fourth-order valence-electron chi connectivity index (χ4n) is 2.72. The van der Waals surface area contributed by atoms with Gasteiger partial charge in [0.05, 0.1) is 22.9 Å². The summed E-state index contributed by atoms with van der Waals surface area (Å²) in [4.78, 5) is 12.0. The van der Waals surface area contributed by atoms with Crippen LogP contribution in [0.2, 0.25) is 0 Å². The van der Waals surface area contributed by atoms with Crippen LogP contribution >= 0.6 is 11.3 Å². The van der Waals surface area contributed by atoms with Crippen LogP contribution in [0.1, 0.15) is 19.0 Å². The average Bonchev–Trinajstić information content (AvgIpc) is 3.23. The van der Waals surface area contributed by atoms with Crippen LogP contribution < -0.4 is 9.84 Å². The van der Waals surface area contributed by atoms with Crippen molar-refractivity contribution in [1.29, 1.82) is 0 Å². The van der Waals surface area contributed by atoms with E-state index in [1.807, 2.05) is 54.8 Å². The summed E-state index contributed by atoms with van der Waals surface area (Å²) in [6.45, 7) is 2.52. The van der Waals surface area contributed by atoms with Gasteiger partial charge in [-0.25, -0.2) is 0 Å². The number of thiophene rings is 1. The number of carbonyl (C=O) groups excluding carboxylic acids is 1. The number of ether oxygens (including phenoxy) is 1. The quantitative estimate of drug-likeness (QED) is 0.663. The Morgan fingerprint density at radius 3 is 2.71 bits per heavy atom. The zero-order valence-electron chi connectivity index (χ0n) is 13.4. The minimum Gasteiger partial charge on any atom is -0.550 e. The van der Waals surface area contributed by atoms with Gasteiger partial charge >= 0.3 is 0 Å². The van der Waals surface area contributed by atoms with Crippen LogP contribution in [0.5, 0.6) is 5.75 Å². The number of para-hydroxylation sites is 2. The number of nitrogens with zero attached hydrogens (tertiary/aromatic N) is 1. The first kappa shape index (κ1) is 16.3. The zero-order chi connectivity index (χ0) is 16.9. The van der Waals surface area contributed by atoms with Gasteiger partial charge in [0.15, 0.2) is 0 Å². The Hall–Kier alpha value is -2.53. The van der Waals surface area contributed by atoms with E-state index in [-0.39, 0.29) is 6.42 Å². The monoisotopic (exact) mass is 340 g/mol. The zero-order valence-corrected chi connectivity index (χ0v) is 14.2. The predicted octanol–water partition coefficient (Wildman–Crippen LogP) is 3.29. The maximum Gasteiger partial charge on any atom is 0.143 e. The summed E-state index contributed by atoms with van der Waals surface area (Å²) in [6.07, 6.45) is 0.402. The van der Waals surface area contributed by atoms with E-state index < -0.39 is 5.97 Å². The molecule has 0 amide bonds. The van der Waals surface area contributed by atoms with E-state index in [0.29, 0.717) is 13.0 Å². The fourth-order valence-corrected chi connectivity index (χ4v) is 3.47. The van der Waals surface area contributed by atoms with E-state index in [2.05, 4.69) is 10.6 Å². The van der Waals surface area contributed by atoms with E-state index in [1.54, 1.807) is 11.3 Å². The van der Waals surface area contributed by atoms with Gasteiger partial charge in [0.25, 0.3) is 0 Å². The van der Waals surface area contributed by atoms with Crippen molar-refractivity contribution >= 4 is 17.3 Å². The van der Waals surface area contributed by atoms with Gasteiger partial charge < -0.3 is 19.2 Å². The van der Waals surface area contributed by atoms with Gasteiger partial charge in [-0.3, -0.25) is 0 Å². The lowest BCUT2D eigenvalue weighted by Crippen LogP contribution is -2.22. The molecule has 5 heteroatoms. The summed E-state index contributed by atoms with van der Waals surface area (Å²) < 4.78 is 7.85. The molecule has 0 radical (unpaired) electrons. The minimum absolute atomic E-state index is 0.00923. The van der Waals surface area contributed by atoms with Crippen LogP contribution in [-0.4, -0.2) is 17.1 Å². The van der Waals surface area contributed by atoms with Crippen LogP contribution in [0.25, 0.3) is 16.3 Å². The number of aryl methyl sites for hydroxylation is 1. The Morgan fingerprint density at radius 1 is 1.17 bits per heavy atom. The predicted molar refractivity (Wildman–Crippen MR) is 93.6 cm³/mol. The standard InChI is InChI=1S/C19H19NO3S/c1-2-23-17-7-4-3-6-15(17)20-14(10-12-19(21)22)9-11-16(20)18-8-5-13-24-18/h3-9,11,13H,2,10,12H2,1H3,(H,21,22)/p-1. The van der Waals surface area contributed by atoms with Gasteiger partial charge in [0.2, 0.25) is 0 Å². The molecular weight excluding hydrogens is 322 g/mol. The summed E-state index contributed by atoms with van der Waals surface area (Å²) in [6, 6.07) is 15.9. The van der Waals surface area contributed by atoms with Crippen molar-refractivity contribution in [3.05, 3.63) is 59.6 Å². The van der Waals surface area contributed by atoms with Crippen LogP contribution in [0.15, 0.2) is 53.9 Å². The molecule has 0 spiro atoms. The Labute approximate surface area is 144 Å². The van der Waals surface area contributed by atoms with Gasteiger partial charge in [-0.05, 0) is 55.5 Å². The molecule has 2 heterocycles. The van der Waals surface area contributed by atoms with Gasteiger partial charge in [-0.15, -0.1) is 11.3 Å². The molecule has 0 unspecified atom stereocenters. The normalized spacial score (nSPS) is 10.7. The Balaban J connectivity index is 2.13. The molecule has 0 fully saturated rings. The number of benzene rings is 1. The molecule has 0 bridgehead atoms. The van der Waals surface area contributed by atoms with Crippen LogP contribution in [0.3, 0.4) is 0 Å². The highest BCUT2D eigenvalue weighted by Crippen LogP contribution is 2.34. The summed E-state index contributed by atoms with van der Waals surface area (Å²) in [5.74, 6) is -0.262. The second-order valence-corrected chi connectivity index (χ2v) is 6.24. The van der Waals surface area contributed by atoms with E-state index in [1.165, 1.54) is 0 Å². The largest absolute Gasteiger partial charge is 0.550 e. The molecule has 0 saturated carbocycles. The van der Waals surface area contributed by atoms with Crippen molar-refractivity contribution < 1.29 is 14.6 Å². The van der Waals surface area contributed by atoms with Gasteiger partial charge in [-0.2, -0.15) is 0 Å². The van der Waals surface area contributed by atoms with E-state index in [4.69, 9.17) is 4.74 Å². The second kappa shape index (κ2) is 7.36. The topological polar surface area (TPSA) is 54.3 Å². The van der Waals surface area contributed by atoms with Crippen molar-refractivity contribution in [1.82, 2.24) is 4.57 Å². The molecule has 0 aliphatic heterocycles. The van der Waals surface area contributed by atoms with Crippen molar-refractivity contribution in [3.63, 3.8) is 0 Å². The first-order valence-electron chi connectivity index (χ1n) is 7.87. The molecule has 0 atom stereocenters. The molecule has 0 aliphatic rings. The Morgan fingerprint density at radius 2 is 2.00 bits per heavy atom. The summed E-state index contributed by atoms with van der Waals surface area (Å²) >= 11 is 1.65. The van der Waals surface area contributed by atoms with Gasteiger partial charge in [0.1, 0.15) is 5.75 Å². The summed E-state index contributed by atoms with van der Waals surface area (Å²) in [5.41, 5.74) is 2.88. The van der Waals surface area contributed by atoms with E-state index in [0.717, 1.165) is 27.7 Å². The molecule has 4 nitrogen and oxygen atoms in total. The maximum atomic E-state index is 10.9. The number of hydrogen-bond acceptors (Lipinski definition) is 4. The lowest BCUT2D eigenvalue weighted by Gasteiger charge is -2.17. The molecule has 24 heavy (non-hydrogen) atoms. The number of carboxylic acid groups (broad SMARTS) is 1. The lowest BCUT2D eigenvalue weighted by molar-refractivity contribution is -0.305. The molecule has 1 aromatic carbocycles.